The zero-order valence-electron chi connectivity index (χ0n) is 12.7. The molecule has 7 heteroatoms. The van der Waals surface area contributed by atoms with E-state index in [-0.39, 0.29) is 0 Å². The Kier molecular flexibility index (Phi) is 3.85. The Hall–Kier alpha value is -2.54. The van der Waals surface area contributed by atoms with Crippen LogP contribution >= 0.6 is 0 Å². The van der Waals surface area contributed by atoms with Gasteiger partial charge in [-0.05, 0) is 37.6 Å². The summed E-state index contributed by atoms with van der Waals surface area (Å²) in [5, 5.41) is 15.4. The molecule has 0 spiro atoms. The van der Waals surface area contributed by atoms with E-state index in [1.54, 1.807) is 12.4 Å². The first-order chi connectivity index (χ1) is 11.4. The first-order valence-electron chi connectivity index (χ1n) is 7.83. The standard InChI is InChI=1S/C16H18N6O/c1-3-12(9-17-6-1)16-21-20-15(23-16)11-22-8-2-4-13(10-22)14-5-7-18-19-14/h1,3,5-7,9,13H,2,4,8,10-11H2,(H,18,19)/t13-/m1/s1. The van der Waals surface area contributed by atoms with Gasteiger partial charge in [0, 0.05) is 36.7 Å². The third kappa shape index (κ3) is 3.14. The maximum atomic E-state index is 5.77. The second kappa shape index (κ2) is 6.29. The van der Waals surface area contributed by atoms with Gasteiger partial charge in [0.25, 0.3) is 0 Å². The average molecular weight is 310 g/mol. The number of H-pyrrole nitrogens is 1. The molecular formula is C16H18N6O. The zero-order valence-corrected chi connectivity index (χ0v) is 12.7. The third-order valence-corrected chi connectivity index (χ3v) is 4.20. The van der Waals surface area contributed by atoms with Crippen molar-refractivity contribution >= 4 is 0 Å². The minimum absolute atomic E-state index is 0.493. The summed E-state index contributed by atoms with van der Waals surface area (Å²) in [5.74, 6) is 1.66. The van der Waals surface area contributed by atoms with Gasteiger partial charge in [0.15, 0.2) is 0 Å². The highest BCUT2D eigenvalue weighted by atomic mass is 16.4. The number of nitrogens with one attached hydrogen (secondary N) is 1. The van der Waals surface area contributed by atoms with Crippen LogP contribution < -0.4 is 0 Å². The van der Waals surface area contributed by atoms with Crippen LogP contribution in [0.15, 0.2) is 41.2 Å². The number of pyridine rings is 1. The molecule has 0 aromatic carbocycles. The van der Waals surface area contributed by atoms with E-state index in [1.807, 2.05) is 18.3 Å². The molecule has 0 saturated carbocycles. The second-order valence-corrected chi connectivity index (χ2v) is 5.83. The van der Waals surface area contributed by atoms with Crippen molar-refractivity contribution in [3.63, 3.8) is 0 Å². The van der Waals surface area contributed by atoms with Crippen molar-refractivity contribution in [1.29, 1.82) is 0 Å². The van der Waals surface area contributed by atoms with Crippen molar-refractivity contribution in [2.75, 3.05) is 13.1 Å². The van der Waals surface area contributed by atoms with Crippen LogP contribution in [0.5, 0.6) is 0 Å². The number of hydrogen-bond acceptors (Lipinski definition) is 6. The summed E-state index contributed by atoms with van der Waals surface area (Å²) >= 11 is 0. The number of hydrogen-bond donors (Lipinski definition) is 1. The first kappa shape index (κ1) is 14.1. The summed E-state index contributed by atoms with van der Waals surface area (Å²) < 4.78 is 5.77. The second-order valence-electron chi connectivity index (χ2n) is 5.83. The maximum Gasteiger partial charge on any atom is 0.249 e. The van der Waals surface area contributed by atoms with Crippen LogP contribution in [0.3, 0.4) is 0 Å². The van der Waals surface area contributed by atoms with Gasteiger partial charge < -0.3 is 4.42 Å². The molecule has 4 heterocycles. The number of aromatic amines is 1. The number of aromatic nitrogens is 5. The molecule has 0 unspecified atom stereocenters. The Labute approximate surface area is 133 Å². The van der Waals surface area contributed by atoms with Gasteiger partial charge in [-0.3, -0.25) is 15.0 Å². The molecule has 0 bridgehead atoms. The topological polar surface area (TPSA) is 83.7 Å². The monoisotopic (exact) mass is 310 g/mol. The molecule has 1 aliphatic heterocycles. The predicted octanol–water partition coefficient (Wildman–Crippen LogP) is 2.23. The van der Waals surface area contributed by atoms with Crippen LogP contribution in [0.4, 0.5) is 0 Å². The smallest absolute Gasteiger partial charge is 0.249 e. The molecule has 1 N–H and O–H groups in total. The van der Waals surface area contributed by atoms with Crippen molar-refractivity contribution in [3.8, 4) is 11.5 Å². The molecule has 23 heavy (non-hydrogen) atoms. The summed E-state index contributed by atoms with van der Waals surface area (Å²) in [6.07, 6.45) is 7.61. The largest absolute Gasteiger partial charge is 0.419 e. The van der Waals surface area contributed by atoms with Crippen LogP contribution in [-0.2, 0) is 6.54 Å². The van der Waals surface area contributed by atoms with E-state index in [4.69, 9.17) is 4.42 Å². The SMILES string of the molecule is c1cncc(-c2nnc(CN3CCC[C@@H](c4ccn[nH]4)C3)o2)c1. The van der Waals surface area contributed by atoms with Gasteiger partial charge in [0.1, 0.15) is 0 Å². The summed E-state index contributed by atoms with van der Waals surface area (Å²) in [7, 11) is 0. The van der Waals surface area contributed by atoms with E-state index in [2.05, 4.69) is 36.3 Å². The number of nitrogens with zero attached hydrogens (tertiary/aromatic N) is 5. The van der Waals surface area contributed by atoms with Gasteiger partial charge >= 0.3 is 0 Å². The summed E-state index contributed by atoms with van der Waals surface area (Å²) in [6.45, 7) is 2.71. The molecule has 1 fully saturated rings. The highest BCUT2D eigenvalue weighted by molar-refractivity contribution is 5.49. The Balaban J connectivity index is 1.43. The maximum absolute atomic E-state index is 5.77. The Morgan fingerprint density at radius 2 is 2.26 bits per heavy atom. The number of likely N-dealkylation sites (tertiary alicyclic amines) is 1. The molecule has 1 atom stereocenters. The lowest BCUT2D eigenvalue weighted by molar-refractivity contribution is 0.182. The van der Waals surface area contributed by atoms with Crippen LogP contribution in [0.25, 0.3) is 11.5 Å². The molecule has 1 saturated heterocycles. The van der Waals surface area contributed by atoms with E-state index in [9.17, 15) is 0 Å². The van der Waals surface area contributed by atoms with E-state index >= 15 is 0 Å². The van der Waals surface area contributed by atoms with Crippen LogP contribution in [0.2, 0.25) is 0 Å². The van der Waals surface area contributed by atoms with E-state index in [0.29, 0.717) is 24.2 Å². The minimum Gasteiger partial charge on any atom is -0.419 e. The summed E-state index contributed by atoms with van der Waals surface area (Å²) in [5.41, 5.74) is 2.05. The van der Waals surface area contributed by atoms with Crippen molar-refractivity contribution < 1.29 is 4.42 Å². The van der Waals surface area contributed by atoms with Gasteiger partial charge in [-0.15, -0.1) is 10.2 Å². The molecule has 1 aliphatic rings. The lowest BCUT2D eigenvalue weighted by atomic mass is 9.95. The lowest BCUT2D eigenvalue weighted by Gasteiger charge is -2.31. The van der Waals surface area contributed by atoms with Crippen molar-refractivity contribution in [3.05, 3.63) is 48.4 Å². The van der Waals surface area contributed by atoms with Gasteiger partial charge in [-0.25, -0.2) is 0 Å². The fourth-order valence-electron chi connectivity index (χ4n) is 3.06. The van der Waals surface area contributed by atoms with Crippen molar-refractivity contribution in [2.45, 2.75) is 25.3 Å². The van der Waals surface area contributed by atoms with Gasteiger partial charge in [0.05, 0.1) is 12.1 Å². The van der Waals surface area contributed by atoms with Crippen molar-refractivity contribution in [2.24, 2.45) is 0 Å². The highest BCUT2D eigenvalue weighted by Crippen LogP contribution is 2.26. The fraction of sp³-hybridized carbons (Fsp3) is 0.375. The Bertz CT molecular complexity index is 739. The Morgan fingerprint density at radius 1 is 1.26 bits per heavy atom. The quantitative estimate of drug-likeness (QED) is 0.795. The molecule has 0 amide bonds. The molecule has 3 aromatic heterocycles. The molecular weight excluding hydrogens is 292 g/mol. The molecule has 0 aliphatic carbocycles. The molecule has 4 rings (SSSR count). The summed E-state index contributed by atoms with van der Waals surface area (Å²) in [6, 6.07) is 5.83. The average Bonchev–Trinajstić information content (AvgIpc) is 3.28. The highest BCUT2D eigenvalue weighted by Gasteiger charge is 2.23. The molecule has 0 radical (unpaired) electrons. The number of piperidine rings is 1. The zero-order chi connectivity index (χ0) is 15.5. The lowest BCUT2D eigenvalue weighted by Crippen LogP contribution is -2.34. The number of rotatable bonds is 4. The van der Waals surface area contributed by atoms with E-state index < -0.39 is 0 Å². The van der Waals surface area contributed by atoms with E-state index in [1.165, 1.54) is 12.1 Å². The Morgan fingerprint density at radius 3 is 3.09 bits per heavy atom. The summed E-state index contributed by atoms with van der Waals surface area (Å²) in [4.78, 5) is 6.43. The van der Waals surface area contributed by atoms with Crippen LogP contribution in [0, 0.1) is 0 Å². The van der Waals surface area contributed by atoms with E-state index in [0.717, 1.165) is 25.1 Å². The third-order valence-electron chi connectivity index (χ3n) is 4.20. The van der Waals surface area contributed by atoms with Crippen LogP contribution in [-0.4, -0.2) is 43.4 Å². The predicted molar refractivity (Wildman–Crippen MR) is 83.4 cm³/mol. The van der Waals surface area contributed by atoms with Crippen LogP contribution in [0.1, 0.15) is 30.3 Å². The minimum atomic E-state index is 0.493. The molecule has 7 nitrogen and oxygen atoms in total. The van der Waals surface area contributed by atoms with Gasteiger partial charge in [-0.2, -0.15) is 5.10 Å². The molecule has 3 aromatic rings. The molecule has 118 valence electrons. The van der Waals surface area contributed by atoms with Crippen molar-refractivity contribution in [1.82, 2.24) is 30.3 Å². The first-order valence-corrected chi connectivity index (χ1v) is 7.83. The van der Waals surface area contributed by atoms with Gasteiger partial charge in [0.2, 0.25) is 11.8 Å². The normalized spacial score (nSPS) is 19.0. The fourth-order valence-corrected chi connectivity index (χ4v) is 3.06. The van der Waals surface area contributed by atoms with Gasteiger partial charge in [-0.1, -0.05) is 0 Å².